The summed E-state index contributed by atoms with van der Waals surface area (Å²) in [6, 6.07) is 12.1. The molecule has 0 bridgehead atoms. The van der Waals surface area contributed by atoms with Gasteiger partial charge in [0.1, 0.15) is 29.3 Å². The van der Waals surface area contributed by atoms with E-state index in [0.717, 1.165) is 17.5 Å². The van der Waals surface area contributed by atoms with E-state index in [0.29, 0.717) is 12.0 Å². The zero-order valence-corrected chi connectivity index (χ0v) is 29.2. The van der Waals surface area contributed by atoms with Crippen molar-refractivity contribution >= 4 is 29.8 Å². The Kier molecular flexibility index (Phi) is 14.0. The van der Waals surface area contributed by atoms with Gasteiger partial charge in [-0.1, -0.05) is 68.4 Å². The second-order valence-corrected chi connectivity index (χ2v) is 13.7. The number of carbonyl (C=O) groups is 5. The molecule has 4 unspecified atom stereocenters. The zero-order chi connectivity index (χ0) is 35.5. The van der Waals surface area contributed by atoms with Gasteiger partial charge in [-0.25, -0.2) is 9.59 Å². The predicted octanol–water partition coefficient (Wildman–Crippen LogP) is 4.76. The Bertz CT molecular complexity index is 1360. The maximum atomic E-state index is 14.5. The van der Waals surface area contributed by atoms with E-state index in [2.05, 4.69) is 10.6 Å². The van der Waals surface area contributed by atoms with E-state index in [1.54, 1.807) is 60.6 Å². The SMILES string of the molecule is CCc1ccc(C(C(=O)NC(Cc2ccccc2)C(=O)OC(C)(C)C)N(C(=O)C(CC(N)=O)NC(=O)OC(C)(C)C)C(C)CC)cc1. The van der Waals surface area contributed by atoms with Gasteiger partial charge < -0.3 is 30.7 Å². The summed E-state index contributed by atoms with van der Waals surface area (Å²) in [5.41, 5.74) is 6.11. The van der Waals surface area contributed by atoms with Crippen molar-refractivity contribution in [2.45, 2.75) is 123 Å². The number of nitrogens with one attached hydrogen (secondary N) is 2. The minimum atomic E-state index is -1.42. The summed E-state index contributed by atoms with van der Waals surface area (Å²) in [4.78, 5) is 68.6. The highest BCUT2D eigenvalue weighted by molar-refractivity contribution is 5.96. The highest BCUT2D eigenvalue weighted by Crippen LogP contribution is 2.28. The van der Waals surface area contributed by atoms with E-state index in [4.69, 9.17) is 15.2 Å². The third-order valence-electron chi connectivity index (χ3n) is 7.24. The van der Waals surface area contributed by atoms with Gasteiger partial charge in [-0.05, 0) is 78.0 Å². The van der Waals surface area contributed by atoms with Gasteiger partial charge >= 0.3 is 12.1 Å². The number of carbonyl (C=O) groups excluding carboxylic acids is 5. The van der Waals surface area contributed by atoms with Gasteiger partial charge in [0.15, 0.2) is 0 Å². The molecular weight excluding hydrogens is 600 g/mol. The number of amides is 4. The Labute approximate surface area is 278 Å². The smallest absolute Gasteiger partial charge is 0.408 e. The van der Waals surface area contributed by atoms with E-state index in [1.807, 2.05) is 56.3 Å². The van der Waals surface area contributed by atoms with E-state index in [1.165, 1.54) is 4.90 Å². The van der Waals surface area contributed by atoms with Crippen molar-refractivity contribution in [1.29, 1.82) is 0 Å². The number of hydrogen-bond acceptors (Lipinski definition) is 7. The van der Waals surface area contributed by atoms with Crippen LogP contribution in [0.2, 0.25) is 0 Å². The standard InChI is InChI=1S/C36H52N4O7/c1-10-23(3)40(32(43)27(22-29(37)41)39-34(45)47-36(7,8)9)30(26-19-17-24(11-2)18-20-26)31(42)38-28(33(44)46-35(4,5)6)21-25-15-13-12-14-16-25/h12-20,23,27-28,30H,10-11,21-22H2,1-9H3,(H2,37,41)(H,38,42)(H,39,45). The van der Waals surface area contributed by atoms with Gasteiger partial charge in [0.25, 0.3) is 0 Å². The van der Waals surface area contributed by atoms with E-state index in [9.17, 15) is 24.0 Å². The van der Waals surface area contributed by atoms with Gasteiger partial charge in [0, 0.05) is 12.5 Å². The Morgan fingerprint density at radius 2 is 1.36 bits per heavy atom. The average Bonchev–Trinajstić information content (AvgIpc) is 2.97. The van der Waals surface area contributed by atoms with Crippen LogP contribution in [0.1, 0.15) is 97.9 Å². The summed E-state index contributed by atoms with van der Waals surface area (Å²) in [5, 5.41) is 5.36. The molecule has 4 N–H and O–H groups in total. The summed E-state index contributed by atoms with van der Waals surface area (Å²) in [6.07, 6.45) is -0.114. The predicted molar refractivity (Wildman–Crippen MR) is 180 cm³/mol. The number of aryl methyl sites for hydroxylation is 1. The fourth-order valence-electron chi connectivity index (χ4n) is 4.87. The Morgan fingerprint density at radius 1 is 0.787 bits per heavy atom. The summed E-state index contributed by atoms with van der Waals surface area (Å²) >= 11 is 0. The Morgan fingerprint density at radius 3 is 1.85 bits per heavy atom. The second kappa shape index (κ2) is 16.9. The number of nitrogens with zero attached hydrogens (tertiary/aromatic N) is 1. The molecule has 0 aromatic heterocycles. The first-order valence-corrected chi connectivity index (χ1v) is 16.1. The molecule has 2 rings (SSSR count). The lowest BCUT2D eigenvalue weighted by molar-refractivity contribution is -0.159. The fourth-order valence-corrected chi connectivity index (χ4v) is 4.87. The molecule has 0 fully saturated rings. The van der Waals surface area contributed by atoms with Crippen LogP contribution < -0.4 is 16.4 Å². The molecule has 4 amide bonds. The van der Waals surface area contributed by atoms with Crippen molar-refractivity contribution in [3.63, 3.8) is 0 Å². The molecule has 0 aliphatic carbocycles. The van der Waals surface area contributed by atoms with Crippen LogP contribution in [0.15, 0.2) is 54.6 Å². The van der Waals surface area contributed by atoms with Crippen LogP contribution in [0.5, 0.6) is 0 Å². The minimum Gasteiger partial charge on any atom is -0.458 e. The van der Waals surface area contributed by atoms with E-state index >= 15 is 0 Å². The van der Waals surface area contributed by atoms with Crippen LogP contribution in [0.3, 0.4) is 0 Å². The first kappa shape index (κ1) is 38.8. The molecule has 2 aromatic rings. The molecule has 0 saturated carbocycles. The normalized spacial score (nSPS) is 14.1. The van der Waals surface area contributed by atoms with Gasteiger partial charge in [-0.2, -0.15) is 0 Å². The largest absolute Gasteiger partial charge is 0.458 e. The summed E-state index contributed by atoms with van der Waals surface area (Å²) in [7, 11) is 0. The van der Waals surface area contributed by atoms with Gasteiger partial charge in [0.05, 0.1) is 6.42 Å². The highest BCUT2D eigenvalue weighted by Gasteiger charge is 2.40. The lowest BCUT2D eigenvalue weighted by atomic mass is 9.97. The summed E-state index contributed by atoms with van der Waals surface area (Å²) in [6.45, 7) is 15.8. The molecule has 11 heteroatoms. The van der Waals surface area contributed by atoms with Crippen LogP contribution in [0.4, 0.5) is 4.79 Å². The molecule has 11 nitrogen and oxygen atoms in total. The molecule has 0 aliphatic rings. The number of rotatable bonds is 14. The van der Waals surface area contributed by atoms with Crippen molar-refractivity contribution in [3.8, 4) is 0 Å². The number of ether oxygens (including phenoxy) is 2. The molecule has 258 valence electrons. The van der Waals surface area contributed by atoms with Gasteiger partial charge in [-0.15, -0.1) is 0 Å². The first-order chi connectivity index (χ1) is 21.8. The van der Waals surface area contributed by atoms with Crippen LogP contribution in [-0.4, -0.2) is 64.0 Å². The molecule has 0 saturated heterocycles. The molecule has 0 heterocycles. The van der Waals surface area contributed by atoms with Crippen LogP contribution in [-0.2, 0) is 41.5 Å². The Balaban J connectivity index is 2.66. The van der Waals surface area contributed by atoms with Gasteiger partial charge in [-0.3, -0.25) is 14.4 Å². The molecule has 0 radical (unpaired) electrons. The number of alkyl carbamates (subject to hydrolysis) is 1. The summed E-state index contributed by atoms with van der Waals surface area (Å²) in [5.74, 6) is -2.80. The second-order valence-electron chi connectivity index (χ2n) is 13.7. The number of esters is 1. The Hall–Kier alpha value is -4.41. The third kappa shape index (κ3) is 12.7. The number of primary amides is 1. The van der Waals surface area contributed by atoms with Crippen LogP contribution in [0.25, 0.3) is 0 Å². The first-order valence-electron chi connectivity index (χ1n) is 16.1. The monoisotopic (exact) mass is 652 g/mol. The van der Waals surface area contributed by atoms with Crippen molar-refractivity contribution < 1.29 is 33.4 Å². The van der Waals surface area contributed by atoms with Crippen LogP contribution >= 0.6 is 0 Å². The van der Waals surface area contributed by atoms with Crippen molar-refractivity contribution in [2.24, 2.45) is 5.73 Å². The van der Waals surface area contributed by atoms with E-state index in [-0.39, 0.29) is 6.42 Å². The topological polar surface area (TPSA) is 157 Å². The zero-order valence-electron chi connectivity index (χ0n) is 29.2. The maximum Gasteiger partial charge on any atom is 0.408 e. The number of nitrogens with two attached hydrogens (primary N) is 1. The maximum absolute atomic E-state index is 14.5. The van der Waals surface area contributed by atoms with Crippen molar-refractivity contribution in [2.75, 3.05) is 0 Å². The van der Waals surface area contributed by atoms with Gasteiger partial charge in [0.2, 0.25) is 17.7 Å². The fraction of sp³-hybridized carbons (Fsp3) is 0.528. The number of hydrogen-bond donors (Lipinski definition) is 3. The molecule has 47 heavy (non-hydrogen) atoms. The minimum absolute atomic E-state index is 0.144. The molecule has 0 spiro atoms. The lowest BCUT2D eigenvalue weighted by Crippen LogP contribution is -2.57. The third-order valence-corrected chi connectivity index (χ3v) is 7.24. The molecule has 0 aliphatic heterocycles. The molecule has 2 aromatic carbocycles. The summed E-state index contributed by atoms with van der Waals surface area (Å²) < 4.78 is 11.0. The van der Waals surface area contributed by atoms with Crippen molar-refractivity contribution in [3.05, 3.63) is 71.3 Å². The quantitative estimate of drug-likeness (QED) is 0.249. The van der Waals surface area contributed by atoms with Crippen LogP contribution in [0, 0.1) is 0 Å². The highest BCUT2D eigenvalue weighted by atomic mass is 16.6. The average molecular weight is 653 g/mol. The van der Waals surface area contributed by atoms with E-state index < -0.39 is 71.6 Å². The molecule has 4 atom stereocenters. The number of benzene rings is 2. The molecular formula is C36H52N4O7. The lowest BCUT2D eigenvalue weighted by Gasteiger charge is -2.38. The van der Waals surface area contributed by atoms with Crippen molar-refractivity contribution in [1.82, 2.24) is 15.5 Å².